The number of aromatic hydroxyl groups is 1. The zero-order chi connectivity index (χ0) is 28.4. The van der Waals surface area contributed by atoms with Crippen molar-refractivity contribution in [3.05, 3.63) is 106 Å². The molecule has 11 heteroatoms. The van der Waals surface area contributed by atoms with Crippen LogP contribution in [0.25, 0.3) is 33.7 Å². The van der Waals surface area contributed by atoms with Crippen LogP contribution < -0.4 is 4.74 Å². The molecule has 0 spiro atoms. The SMILES string of the molecule is ClCI.Fc1c2n(c3ccccc13)COc1ccc(Cl)nc1-2.Oc1ccc(Cl)nc1C1=C(F)c2ccccc2C1. The van der Waals surface area contributed by atoms with Gasteiger partial charge in [0.05, 0.1) is 9.40 Å². The average Bonchev–Trinajstić information content (AvgIpc) is 3.45. The van der Waals surface area contributed by atoms with Crippen LogP contribution in [0, 0.1) is 5.82 Å². The van der Waals surface area contributed by atoms with Crippen LogP contribution in [0.2, 0.25) is 10.3 Å². The number of fused-ring (bicyclic) bond motifs is 6. The van der Waals surface area contributed by atoms with Crippen molar-refractivity contribution in [3.63, 3.8) is 0 Å². The summed E-state index contributed by atoms with van der Waals surface area (Å²) in [5.41, 5.74) is 3.74. The quantitative estimate of drug-likeness (QED) is 0.107. The largest absolute Gasteiger partial charge is 0.506 e. The molecule has 1 N–H and O–H groups in total. The second-order valence-electron chi connectivity index (χ2n) is 8.59. The zero-order valence-corrected chi connectivity index (χ0v) is 24.9. The molecule has 0 radical (unpaired) electrons. The Labute approximate surface area is 257 Å². The minimum absolute atomic E-state index is 0.0580. The van der Waals surface area contributed by atoms with Gasteiger partial charge < -0.3 is 14.4 Å². The third-order valence-corrected chi connectivity index (χ3v) is 6.74. The molecule has 7 rings (SSSR count). The van der Waals surface area contributed by atoms with Gasteiger partial charge in [0.25, 0.3) is 0 Å². The second kappa shape index (κ2) is 12.3. The van der Waals surface area contributed by atoms with Crippen LogP contribution in [0.15, 0.2) is 72.8 Å². The molecule has 3 aromatic heterocycles. The summed E-state index contributed by atoms with van der Waals surface area (Å²) in [6, 6.07) is 20.8. The van der Waals surface area contributed by atoms with E-state index in [1.807, 2.05) is 30.3 Å². The first-order chi connectivity index (χ1) is 19.3. The summed E-state index contributed by atoms with van der Waals surface area (Å²) in [5, 5.41) is 10.9. The third kappa shape index (κ3) is 5.50. The fraction of sp³-hybridized carbons (Fsp3) is 0.103. The van der Waals surface area contributed by atoms with Crippen LogP contribution in [0.3, 0.4) is 0 Å². The molecule has 40 heavy (non-hydrogen) atoms. The van der Waals surface area contributed by atoms with Crippen LogP contribution >= 0.6 is 57.4 Å². The van der Waals surface area contributed by atoms with Crippen molar-refractivity contribution >= 4 is 79.7 Å². The summed E-state index contributed by atoms with van der Waals surface area (Å²) >= 11 is 18.7. The van der Waals surface area contributed by atoms with E-state index in [0.29, 0.717) is 49.1 Å². The van der Waals surface area contributed by atoms with E-state index >= 15 is 0 Å². The molecule has 0 fully saturated rings. The van der Waals surface area contributed by atoms with E-state index < -0.39 is 0 Å². The highest BCUT2D eigenvalue weighted by molar-refractivity contribution is 14.1. The van der Waals surface area contributed by atoms with Gasteiger partial charge in [0.15, 0.2) is 12.5 Å². The fourth-order valence-corrected chi connectivity index (χ4v) is 4.92. The maximum Gasteiger partial charge on any atom is 0.165 e. The molecule has 1 aliphatic carbocycles. The lowest BCUT2D eigenvalue weighted by atomic mass is 10.1. The highest BCUT2D eigenvalue weighted by atomic mass is 127. The maximum absolute atomic E-state index is 14.6. The molecule has 0 atom stereocenters. The van der Waals surface area contributed by atoms with Crippen molar-refractivity contribution in [1.29, 1.82) is 0 Å². The van der Waals surface area contributed by atoms with E-state index in [-0.39, 0.29) is 35.0 Å². The predicted molar refractivity (Wildman–Crippen MR) is 164 cm³/mol. The molecule has 0 saturated heterocycles. The van der Waals surface area contributed by atoms with Gasteiger partial charge in [-0.25, -0.2) is 18.7 Å². The van der Waals surface area contributed by atoms with Crippen LogP contribution in [-0.2, 0) is 13.2 Å². The summed E-state index contributed by atoms with van der Waals surface area (Å²) in [4.78, 5) is 8.20. The Morgan fingerprint density at radius 3 is 2.30 bits per heavy atom. The Morgan fingerprint density at radius 1 is 0.900 bits per heavy atom. The number of para-hydroxylation sites is 1. The first kappa shape index (κ1) is 28.6. The fourth-order valence-electron chi connectivity index (χ4n) is 4.63. The molecule has 5 aromatic rings. The van der Waals surface area contributed by atoms with Crippen molar-refractivity contribution in [2.24, 2.45) is 0 Å². The number of nitrogens with zero attached hydrogens (tertiary/aromatic N) is 3. The minimum Gasteiger partial charge on any atom is -0.506 e. The Bertz CT molecular complexity index is 1760. The number of halogens is 6. The molecule has 2 aliphatic rings. The number of allylic oxidation sites excluding steroid dienone is 1. The van der Waals surface area contributed by atoms with Gasteiger partial charge in [0.1, 0.15) is 44.7 Å². The van der Waals surface area contributed by atoms with E-state index in [1.54, 1.807) is 34.9 Å². The average molecular weight is 713 g/mol. The van der Waals surface area contributed by atoms with Crippen LogP contribution in [-0.4, -0.2) is 23.5 Å². The molecule has 0 unspecified atom stereocenters. The van der Waals surface area contributed by atoms with E-state index in [9.17, 15) is 13.9 Å². The molecular formula is C29H19Cl3F2IN3O2. The van der Waals surface area contributed by atoms with E-state index in [4.69, 9.17) is 39.5 Å². The Balaban J connectivity index is 0.000000147. The molecule has 4 heterocycles. The van der Waals surface area contributed by atoms with Crippen molar-refractivity contribution < 1.29 is 18.6 Å². The molecule has 2 aromatic carbocycles. The summed E-state index contributed by atoms with van der Waals surface area (Å²) in [6.07, 6.45) is 0.420. The molecule has 1 aliphatic heterocycles. The number of hydrogen-bond acceptors (Lipinski definition) is 4. The summed E-state index contributed by atoms with van der Waals surface area (Å²) in [6.45, 7) is 0.274. The van der Waals surface area contributed by atoms with Crippen molar-refractivity contribution in [3.8, 4) is 22.9 Å². The molecule has 0 amide bonds. The highest BCUT2D eigenvalue weighted by Crippen LogP contribution is 2.42. The van der Waals surface area contributed by atoms with Gasteiger partial charge in [-0.05, 0) is 42.0 Å². The number of hydrogen-bond donors (Lipinski definition) is 1. The highest BCUT2D eigenvalue weighted by Gasteiger charge is 2.27. The molecular weight excluding hydrogens is 694 g/mol. The first-order valence-corrected chi connectivity index (χ1v) is 14.7. The Hall–Kier alpha value is -2.92. The van der Waals surface area contributed by atoms with Crippen LogP contribution in [0.5, 0.6) is 11.5 Å². The van der Waals surface area contributed by atoms with E-state index in [1.165, 1.54) is 12.1 Å². The number of aromatic nitrogens is 3. The molecule has 204 valence electrons. The minimum atomic E-state index is -0.337. The number of pyridine rings is 2. The number of rotatable bonds is 1. The Morgan fingerprint density at radius 2 is 1.55 bits per heavy atom. The zero-order valence-electron chi connectivity index (χ0n) is 20.5. The molecule has 0 bridgehead atoms. The smallest absolute Gasteiger partial charge is 0.165 e. The van der Waals surface area contributed by atoms with Crippen LogP contribution in [0.4, 0.5) is 8.78 Å². The normalized spacial score (nSPS) is 12.8. The van der Waals surface area contributed by atoms with Gasteiger partial charge >= 0.3 is 0 Å². The van der Waals surface area contributed by atoms with Crippen LogP contribution in [0.1, 0.15) is 16.8 Å². The van der Waals surface area contributed by atoms with Gasteiger partial charge in [-0.3, -0.25) is 0 Å². The van der Waals surface area contributed by atoms with Gasteiger partial charge in [0.2, 0.25) is 0 Å². The lowest BCUT2D eigenvalue weighted by Crippen LogP contribution is -2.13. The maximum atomic E-state index is 14.6. The number of ether oxygens (including phenoxy) is 1. The summed E-state index contributed by atoms with van der Waals surface area (Å²) < 4.78 is 36.9. The standard InChI is InChI=1S/C14H8ClFN2O.C14H9ClFNO.CH2ClI/c15-11-6-5-10-13(17-11)14-12(16)8-3-1-2-4-9(8)18(14)7-19-10;15-12-6-5-11(18)14(17-12)10-7-8-3-1-2-4-9(8)13(10)16;2-1-3/h1-6H,7H2;1-6,18H,7H2;1H2. The number of benzene rings is 2. The summed E-state index contributed by atoms with van der Waals surface area (Å²) in [5.74, 6) is -0.124. The van der Waals surface area contributed by atoms with Crippen molar-refractivity contribution in [2.75, 3.05) is 3.89 Å². The second-order valence-corrected chi connectivity index (χ2v) is 11.3. The van der Waals surface area contributed by atoms with E-state index in [0.717, 1.165) is 11.1 Å². The van der Waals surface area contributed by atoms with Crippen molar-refractivity contribution in [1.82, 2.24) is 14.5 Å². The lowest BCUT2D eigenvalue weighted by molar-refractivity contribution is 0.233. The molecule has 0 saturated carbocycles. The number of alkyl halides is 2. The van der Waals surface area contributed by atoms with Crippen molar-refractivity contribution in [2.45, 2.75) is 13.2 Å². The van der Waals surface area contributed by atoms with Gasteiger partial charge in [-0.15, -0.1) is 11.6 Å². The Kier molecular flexibility index (Phi) is 8.80. The monoisotopic (exact) mass is 711 g/mol. The topological polar surface area (TPSA) is 60.2 Å². The van der Waals surface area contributed by atoms with Gasteiger partial charge in [-0.1, -0.05) is 82.2 Å². The van der Waals surface area contributed by atoms with Gasteiger partial charge in [-0.2, -0.15) is 0 Å². The van der Waals surface area contributed by atoms with E-state index in [2.05, 4.69) is 32.6 Å². The predicted octanol–water partition coefficient (Wildman–Crippen LogP) is 9.30. The first-order valence-electron chi connectivity index (χ1n) is 11.8. The lowest BCUT2D eigenvalue weighted by Gasteiger charge is -2.20. The van der Waals surface area contributed by atoms with Gasteiger partial charge in [0, 0.05) is 22.9 Å². The molecule has 5 nitrogen and oxygen atoms in total. The summed E-state index contributed by atoms with van der Waals surface area (Å²) in [7, 11) is 0. The third-order valence-electron chi connectivity index (χ3n) is 6.32.